The highest BCUT2D eigenvalue weighted by Gasteiger charge is 2.53. The number of imidazole rings is 1. The van der Waals surface area contributed by atoms with Crippen LogP contribution < -0.4 is 9.62 Å². The standard InChI is InChI=1S/C19H19F4N7O3S/c1-10-7-29(8-11(19(10,22)23)17(31)28-34(2,32)33)18-24-4-3-12(27-18)14-5-26-15-6-25-13(16(20)21)9-30(14)15/h3-6,9-11,16H,7-8H2,1-2H3,(H,28,31). The molecule has 0 aromatic carbocycles. The van der Waals surface area contributed by atoms with E-state index in [0.717, 1.165) is 6.20 Å². The number of carbonyl (C=O) groups is 1. The Morgan fingerprint density at radius 3 is 2.62 bits per heavy atom. The number of sulfonamides is 1. The number of amides is 1. The summed E-state index contributed by atoms with van der Waals surface area (Å²) >= 11 is 0. The van der Waals surface area contributed by atoms with Crippen molar-refractivity contribution in [3.63, 3.8) is 0 Å². The lowest BCUT2D eigenvalue weighted by Crippen LogP contribution is -2.58. The van der Waals surface area contributed by atoms with Crippen LogP contribution in [-0.4, -0.2) is 63.9 Å². The maximum atomic E-state index is 14.8. The number of carbonyl (C=O) groups excluding carboxylic acids is 1. The highest BCUT2D eigenvalue weighted by molar-refractivity contribution is 7.89. The second-order valence-corrected chi connectivity index (χ2v) is 9.75. The predicted octanol–water partition coefficient (Wildman–Crippen LogP) is 1.91. The Morgan fingerprint density at radius 2 is 1.94 bits per heavy atom. The molecule has 1 N–H and O–H groups in total. The fourth-order valence-corrected chi connectivity index (χ4v) is 4.24. The summed E-state index contributed by atoms with van der Waals surface area (Å²) in [6, 6.07) is 1.49. The van der Waals surface area contributed by atoms with Crippen molar-refractivity contribution in [3.05, 3.63) is 36.5 Å². The zero-order chi connectivity index (χ0) is 24.8. The van der Waals surface area contributed by atoms with Gasteiger partial charge in [-0.05, 0) is 6.07 Å². The van der Waals surface area contributed by atoms with Crippen LogP contribution in [-0.2, 0) is 14.8 Å². The van der Waals surface area contributed by atoms with E-state index in [4.69, 9.17) is 0 Å². The lowest BCUT2D eigenvalue weighted by Gasteiger charge is -2.41. The van der Waals surface area contributed by atoms with Crippen molar-refractivity contribution >= 4 is 27.5 Å². The molecule has 1 fully saturated rings. The monoisotopic (exact) mass is 501 g/mol. The summed E-state index contributed by atoms with van der Waals surface area (Å²) in [6.07, 6.45) is 2.96. The van der Waals surface area contributed by atoms with Crippen molar-refractivity contribution in [3.8, 4) is 11.4 Å². The Balaban J connectivity index is 1.68. The summed E-state index contributed by atoms with van der Waals surface area (Å²) in [5.41, 5.74) is 0.437. The third-order valence-corrected chi connectivity index (χ3v) is 6.02. The summed E-state index contributed by atoms with van der Waals surface area (Å²) in [4.78, 5) is 29.9. The number of alkyl halides is 4. The van der Waals surface area contributed by atoms with Crippen LogP contribution in [0.15, 0.2) is 30.9 Å². The molecular formula is C19H19F4N7O3S. The minimum absolute atomic E-state index is 0.00935. The summed E-state index contributed by atoms with van der Waals surface area (Å²) in [6.45, 7) is 0.501. The van der Waals surface area contributed by atoms with Crippen molar-refractivity contribution in [2.45, 2.75) is 19.3 Å². The van der Waals surface area contributed by atoms with E-state index in [0.29, 0.717) is 17.6 Å². The van der Waals surface area contributed by atoms with E-state index < -0.39 is 52.4 Å². The van der Waals surface area contributed by atoms with Crippen molar-refractivity contribution in [2.24, 2.45) is 11.8 Å². The molecule has 1 aliphatic rings. The molecule has 3 aromatic rings. The smallest absolute Gasteiger partial charge is 0.281 e. The van der Waals surface area contributed by atoms with Gasteiger partial charge in [-0.3, -0.25) is 13.9 Å². The third kappa shape index (κ3) is 4.51. The van der Waals surface area contributed by atoms with Gasteiger partial charge in [0, 0.05) is 31.4 Å². The Morgan fingerprint density at radius 1 is 1.21 bits per heavy atom. The molecule has 3 aromatic heterocycles. The van der Waals surface area contributed by atoms with Crippen LogP contribution in [0.4, 0.5) is 23.5 Å². The first-order valence-electron chi connectivity index (χ1n) is 9.95. The van der Waals surface area contributed by atoms with Gasteiger partial charge in [-0.15, -0.1) is 0 Å². The quantitative estimate of drug-likeness (QED) is 0.526. The molecule has 1 saturated heterocycles. The topological polar surface area (TPSA) is 122 Å². The van der Waals surface area contributed by atoms with Crippen LogP contribution in [0.2, 0.25) is 0 Å². The number of hydrogen-bond acceptors (Lipinski definition) is 8. The highest BCUT2D eigenvalue weighted by Crippen LogP contribution is 2.39. The molecular weight excluding hydrogens is 482 g/mol. The van der Waals surface area contributed by atoms with Gasteiger partial charge in [0.15, 0.2) is 5.65 Å². The van der Waals surface area contributed by atoms with Crippen LogP contribution in [0.25, 0.3) is 17.0 Å². The summed E-state index contributed by atoms with van der Waals surface area (Å²) < 4.78 is 81.5. The van der Waals surface area contributed by atoms with Gasteiger partial charge < -0.3 is 4.90 Å². The molecule has 4 rings (SSSR count). The van der Waals surface area contributed by atoms with Crippen LogP contribution in [0, 0.1) is 11.8 Å². The number of nitrogens with one attached hydrogen (secondary N) is 1. The fraction of sp³-hybridized carbons (Fsp3) is 0.421. The number of aromatic nitrogens is 5. The Hall–Kier alpha value is -3.36. The van der Waals surface area contributed by atoms with Gasteiger partial charge in [-0.25, -0.2) is 45.9 Å². The van der Waals surface area contributed by atoms with Crippen molar-refractivity contribution in [1.29, 1.82) is 0 Å². The number of hydrogen-bond donors (Lipinski definition) is 1. The molecule has 0 saturated carbocycles. The third-order valence-electron chi connectivity index (χ3n) is 5.45. The minimum atomic E-state index is -4.04. The van der Waals surface area contributed by atoms with Gasteiger partial charge in [0.2, 0.25) is 21.9 Å². The Bertz CT molecular complexity index is 1350. The summed E-state index contributed by atoms with van der Waals surface area (Å²) in [5.74, 6) is -8.07. The average Bonchev–Trinajstić information content (AvgIpc) is 3.17. The molecule has 34 heavy (non-hydrogen) atoms. The van der Waals surface area contributed by atoms with E-state index >= 15 is 0 Å². The van der Waals surface area contributed by atoms with E-state index in [1.165, 1.54) is 40.9 Å². The first kappa shape index (κ1) is 23.8. The lowest BCUT2D eigenvalue weighted by atomic mass is 9.85. The zero-order valence-corrected chi connectivity index (χ0v) is 18.7. The van der Waals surface area contributed by atoms with E-state index in [1.54, 1.807) is 4.72 Å². The van der Waals surface area contributed by atoms with E-state index in [2.05, 4.69) is 19.9 Å². The largest absolute Gasteiger partial charge is 0.339 e. The molecule has 15 heteroatoms. The first-order valence-corrected chi connectivity index (χ1v) is 11.8. The Labute approximate surface area is 191 Å². The summed E-state index contributed by atoms with van der Waals surface area (Å²) in [5, 5.41) is 0. The first-order chi connectivity index (χ1) is 15.9. The van der Waals surface area contributed by atoms with Crippen molar-refractivity contribution in [2.75, 3.05) is 24.2 Å². The number of rotatable bonds is 5. The lowest BCUT2D eigenvalue weighted by molar-refractivity contribution is -0.149. The minimum Gasteiger partial charge on any atom is -0.339 e. The molecule has 0 spiro atoms. The normalized spacial score (nSPS) is 20.6. The van der Waals surface area contributed by atoms with Gasteiger partial charge in [-0.1, -0.05) is 6.92 Å². The SMILES string of the molecule is CC1CN(c2nccc(-c3cnc4cnc(C(F)F)cn34)n2)CC(C(=O)NS(C)(=O)=O)C1(F)F. The molecule has 1 aliphatic heterocycles. The van der Waals surface area contributed by atoms with Crippen LogP contribution in [0.3, 0.4) is 0 Å². The van der Waals surface area contributed by atoms with E-state index in [1.807, 2.05) is 0 Å². The van der Waals surface area contributed by atoms with Gasteiger partial charge in [0.05, 0.1) is 30.0 Å². The zero-order valence-electron chi connectivity index (χ0n) is 17.9. The molecule has 0 aliphatic carbocycles. The molecule has 10 nitrogen and oxygen atoms in total. The number of nitrogens with zero attached hydrogens (tertiary/aromatic N) is 6. The second-order valence-electron chi connectivity index (χ2n) is 8.00. The molecule has 1 amide bonds. The van der Waals surface area contributed by atoms with Crippen LogP contribution in [0.1, 0.15) is 19.0 Å². The molecule has 182 valence electrons. The van der Waals surface area contributed by atoms with E-state index in [9.17, 15) is 30.8 Å². The predicted molar refractivity (Wildman–Crippen MR) is 112 cm³/mol. The van der Waals surface area contributed by atoms with Gasteiger partial charge in [0.1, 0.15) is 11.6 Å². The fourth-order valence-electron chi connectivity index (χ4n) is 3.74. The second kappa shape index (κ2) is 8.45. The van der Waals surface area contributed by atoms with Crippen LogP contribution in [0.5, 0.6) is 0 Å². The van der Waals surface area contributed by atoms with Gasteiger partial charge in [0.25, 0.3) is 12.3 Å². The van der Waals surface area contributed by atoms with Crippen molar-refractivity contribution in [1.82, 2.24) is 29.1 Å². The summed E-state index contributed by atoms with van der Waals surface area (Å²) in [7, 11) is -4.04. The highest BCUT2D eigenvalue weighted by atomic mass is 32.2. The molecule has 2 unspecified atom stereocenters. The molecule has 4 heterocycles. The average molecular weight is 501 g/mol. The van der Waals surface area contributed by atoms with Gasteiger partial charge >= 0.3 is 0 Å². The van der Waals surface area contributed by atoms with Crippen LogP contribution >= 0.6 is 0 Å². The van der Waals surface area contributed by atoms with E-state index in [-0.39, 0.29) is 18.2 Å². The maximum Gasteiger partial charge on any atom is 0.281 e. The number of halogens is 4. The molecule has 0 bridgehead atoms. The number of fused-ring (bicyclic) bond motifs is 1. The molecule has 0 radical (unpaired) electrons. The van der Waals surface area contributed by atoms with Crippen molar-refractivity contribution < 1.29 is 30.8 Å². The maximum absolute atomic E-state index is 14.8. The molecule has 2 atom stereocenters. The number of anilines is 1. The number of piperidine rings is 1. The van der Waals surface area contributed by atoms with Gasteiger partial charge in [-0.2, -0.15) is 0 Å². The Kier molecular flexibility index (Phi) is 5.91.